The zero-order chi connectivity index (χ0) is 10.7. The van der Waals surface area contributed by atoms with Gasteiger partial charge in [0.05, 0.1) is 0 Å². The van der Waals surface area contributed by atoms with Crippen molar-refractivity contribution in [3.8, 4) is 0 Å². The molecule has 0 aliphatic carbocycles. The number of aliphatic hydroxyl groups is 2. The molecule has 0 fully saturated rings. The van der Waals surface area contributed by atoms with Gasteiger partial charge in [0.1, 0.15) is 0 Å². The van der Waals surface area contributed by atoms with Crippen molar-refractivity contribution < 1.29 is 20.0 Å². The molecule has 0 aromatic rings. The summed E-state index contributed by atoms with van der Waals surface area (Å²) in [7, 11) is 0. The van der Waals surface area contributed by atoms with E-state index in [1.165, 1.54) is 20.8 Å². The van der Waals surface area contributed by atoms with Gasteiger partial charge in [-0.25, -0.2) is 0 Å². The molecule has 0 radical (unpaired) electrons. The quantitative estimate of drug-likeness (QED) is 0.393. The Balaban J connectivity index is 3.89. The van der Waals surface area contributed by atoms with Crippen molar-refractivity contribution in [2.75, 3.05) is 0 Å². The van der Waals surface area contributed by atoms with E-state index in [4.69, 9.17) is 9.99 Å². The van der Waals surface area contributed by atoms with Crippen molar-refractivity contribution in [1.82, 2.24) is 0 Å². The van der Waals surface area contributed by atoms with Gasteiger partial charge in [-0.05, 0) is 26.7 Å². The summed E-state index contributed by atoms with van der Waals surface area (Å²) in [6, 6.07) is 0. The molecule has 4 heteroatoms. The van der Waals surface area contributed by atoms with Crippen molar-refractivity contribution in [1.29, 1.82) is 0 Å². The summed E-state index contributed by atoms with van der Waals surface area (Å²) in [5, 5.41) is 18.7. The van der Waals surface area contributed by atoms with Crippen molar-refractivity contribution in [2.45, 2.75) is 52.6 Å². The highest BCUT2D eigenvalue weighted by molar-refractivity contribution is 4.60. The molecule has 0 amide bonds. The molecule has 1 unspecified atom stereocenters. The molecule has 0 spiro atoms. The van der Waals surface area contributed by atoms with Gasteiger partial charge in [0.15, 0.2) is 11.6 Å². The molecule has 13 heavy (non-hydrogen) atoms. The molecule has 0 heterocycles. The molecule has 0 rings (SSSR count). The Hall–Kier alpha value is -0.160. The van der Waals surface area contributed by atoms with Crippen LogP contribution in [0.4, 0.5) is 0 Å². The molecule has 0 aromatic heterocycles. The summed E-state index contributed by atoms with van der Waals surface area (Å²) in [5.74, 6) is -2.45. The minimum Gasteiger partial charge on any atom is -0.364 e. The van der Waals surface area contributed by atoms with E-state index in [1.54, 1.807) is 0 Å². The van der Waals surface area contributed by atoms with Gasteiger partial charge in [-0.3, -0.25) is 0 Å². The molecule has 80 valence electrons. The molecule has 0 aliphatic heterocycles. The van der Waals surface area contributed by atoms with Gasteiger partial charge in [-0.15, -0.1) is 0 Å². The van der Waals surface area contributed by atoms with Gasteiger partial charge in [-0.1, -0.05) is 13.8 Å². The highest BCUT2D eigenvalue weighted by Crippen LogP contribution is 2.20. The topological polar surface area (TPSA) is 58.9 Å². The van der Waals surface area contributed by atoms with Crippen molar-refractivity contribution in [2.24, 2.45) is 5.92 Å². The maximum absolute atomic E-state index is 9.59. The molecule has 0 bridgehead atoms. The lowest BCUT2D eigenvalue weighted by Crippen LogP contribution is -2.35. The summed E-state index contributed by atoms with van der Waals surface area (Å²) >= 11 is 0. The van der Waals surface area contributed by atoms with E-state index in [9.17, 15) is 5.11 Å². The van der Waals surface area contributed by atoms with E-state index in [-0.39, 0.29) is 0 Å². The van der Waals surface area contributed by atoms with Crippen LogP contribution in [0.2, 0.25) is 0 Å². The predicted octanol–water partition coefficient (Wildman–Crippen LogP) is 1.42. The second-order valence-corrected chi connectivity index (χ2v) is 4.39. The maximum Gasteiger partial charge on any atom is 0.196 e. The third kappa shape index (κ3) is 8.18. The zero-order valence-electron chi connectivity index (χ0n) is 9.00. The zero-order valence-corrected chi connectivity index (χ0v) is 9.00. The highest BCUT2D eigenvalue weighted by atomic mass is 17.2. The lowest BCUT2D eigenvalue weighted by atomic mass is 10.1. The van der Waals surface area contributed by atoms with E-state index >= 15 is 0 Å². The molecule has 0 saturated heterocycles. The average molecular weight is 192 g/mol. The standard InChI is InChI=1S/C9H20O4/c1-7(2)6-9(5,11)13-12-8(3,4)10/h7,10-11H,6H2,1-5H3. The van der Waals surface area contributed by atoms with Crippen LogP contribution in [-0.2, 0) is 9.78 Å². The smallest absolute Gasteiger partial charge is 0.196 e. The second-order valence-electron chi connectivity index (χ2n) is 4.39. The van der Waals surface area contributed by atoms with E-state index in [1.807, 2.05) is 13.8 Å². The van der Waals surface area contributed by atoms with Gasteiger partial charge in [-0.2, -0.15) is 9.78 Å². The van der Waals surface area contributed by atoms with Gasteiger partial charge >= 0.3 is 0 Å². The average Bonchev–Trinajstić information content (AvgIpc) is 1.79. The molecule has 0 saturated carbocycles. The first-order chi connectivity index (χ1) is 5.62. The van der Waals surface area contributed by atoms with Crippen LogP contribution in [0.15, 0.2) is 0 Å². The Bertz CT molecular complexity index is 146. The monoisotopic (exact) mass is 192 g/mol. The number of rotatable bonds is 5. The molecule has 0 aliphatic rings. The van der Waals surface area contributed by atoms with Crippen molar-refractivity contribution in [3.05, 3.63) is 0 Å². The Morgan fingerprint density at radius 3 is 1.85 bits per heavy atom. The molecule has 0 aromatic carbocycles. The van der Waals surface area contributed by atoms with Crippen LogP contribution in [0.1, 0.15) is 41.0 Å². The Morgan fingerprint density at radius 2 is 1.54 bits per heavy atom. The number of hydrogen-bond donors (Lipinski definition) is 2. The van der Waals surface area contributed by atoms with Crippen LogP contribution in [0.5, 0.6) is 0 Å². The fraction of sp³-hybridized carbons (Fsp3) is 1.00. The minimum absolute atomic E-state index is 0.292. The first-order valence-electron chi connectivity index (χ1n) is 4.44. The Kier molecular flexibility index (Phi) is 4.32. The van der Waals surface area contributed by atoms with Crippen LogP contribution >= 0.6 is 0 Å². The third-order valence-electron chi connectivity index (χ3n) is 1.21. The Morgan fingerprint density at radius 1 is 1.08 bits per heavy atom. The second kappa shape index (κ2) is 4.37. The first kappa shape index (κ1) is 12.8. The molecule has 1 atom stereocenters. The SMILES string of the molecule is CC(C)CC(C)(O)OOC(C)(C)O. The van der Waals surface area contributed by atoms with E-state index in [2.05, 4.69) is 4.89 Å². The van der Waals surface area contributed by atoms with Crippen LogP contribution in [0, 0.1) is 5.92 Å². The van der Waals surface area contributed by atoms with Crippen molar-refractivity contribution >= 4 is 0 Å². The fourth-order valence-electron chi connectivity index (χ4n) is 0.983. The van der Waals surface area contributed by atoms with Gasteiger partial charge in [0.25, 0.3) is 0 Å². The molecule has 4 nitrogen and oxygen atoms in total. The summed E-state index contributed by atoms with van der Waals surface area (Å²) in [6.07, 6.45) is 0.448. The van der Waals surface area contributed by atoms with Crippen LogP contribution in [0.25, 0.3) is 0 Å². The lowest BCUT2D eigenvalue weighted by molar-refractivity contribution is -0.484. The normalized spacial score (nSPS) is 17.5. The fourth-order valence-corrected chi connectivity index (χ4v) is 0.983. The van der Waals surface area contributed by atoms with Crippen molar-refractivity contribution in [3.63, 3.8) is 0 Å². The molecular formula is C9H20O4. The van der Waals surface area contributed by atoms with Gasteiger partial charge in [0, 0.05) is 6.42 Å². The van der Waals surface area contributed by atoms with Crippen LogP contribution < -0.4 is 0 Å². The van der Waals surface area contributed by atoms with Crippen LogP contribution in [0.3, 0.4) is 0 Å². The van der Waals surface area contributed by atoms with E-state index < -0.39 is 11.6 Å². The van der Waals surface area contributed by atoms with Crippen LogP contribution in [-0.4, -0.2) is 21.8 Å². The third-order valence-corrected chi connectivity index (χ3v) is 1.21. The number of hydrogen-bond acceptors (Lipinski definition) is 4. The minimum atomic E-state index is -1.39. The largest absolute Gasteiger partial charge is 0.364 e. The lowest BCUT2D eigenvalue weighted by Gasteiger charge is -2.27. The predicted molar refractivity (Wildman–Crippen MR) is 48.5 cm³/mol. The van der Waals surface area contributed by atoms with E-state index in [0.717, 1.165) is 0 Å². The first-order valence-corrected chi connectivity index (χ1v) is 4.44. The van der Waals surface area contributed by atoms with E-state index in [0.29, 0.717) is 12.3 Å². The molecule has 2 N–H and O–H groups in total. The maximum atomic E-state index is 9.59. The summed E-state index contributed by atoms with van der Waals surface area (Å²) in [4.78, 5) is 9.31. The Labute approximate surface area is 79.4 Å². The summed E-state index contributed by atoms with van der Waals surface area (Å²) in [6.45, 7) is 8.28. The molecular weight excluding hydrogens is 172 g/mol. The summed E-state index contributed by atoms with van der Waals surface area (Å²) < 4.78 is 0. The summed E-state index contributed by atoms with van der Waals surface area (Å²) in [5.41, 5.74) is 0. The highest BCUT2D eigenvalue weighted by Gasteiger charge is 2.27. The van der Waals surface area contributed by atoms with Gasteiger partial charge in [0.2, 0.25) is 0 Å². The van der Waals surface area contributed by atoms with Gasteiger partial charge < -0.3 is 10.2 Å².